The fourth-order valence-electron chi connectivity index (χ4n) is 3.99. The number of carbonyl (C=O) groups is 1. The first kappa shape index (κ1) is 22.8. The van der Waals surface area contributed by atoms with Crippen LogP contribution in [0.5, 0.6) is 0 Å². The third-order valence-corrected chi connectivity index (χ3v) is 6.62. The normalized spacial score (nSPS) is 25.7. The summed E-state index contributed by atoms with van der Waals surface area (Å²) in [6.45, 7) is 12.1. The van der Waals surface area contributed by atoms with Crippen LogP contribution in [-0.2, 0) is 11.0 Å². The number of nitrogens with zero attached hydrogens (tertiary/aromatic N) is 3. The third-order valence-electron chi connectivity index (χ3n) is 6.26. The number of anilines is 1. The first-order valence-electron chi connectivity index (χ1n) is 9.68. The molecule has 1 aromatic rings. The summed E-state index contributed by atoms with van der Waals surface area (Å²) < 4.78 is 40.4. The number of thiocarbonyl (C=S) groups is 1. The first-order valence-corrected chi connectivity index (χ1v) is 10.1. The highest BCUT2D eigenvalue weighted by molar-refractivity contribution is 7.80. The van der Waals surface area contributed by atoms with Gasteiger partial charge in [-0.05, 0) is 50.2 Å². The van der Waals surface area contributed by atoms with Crippen molar-refractivity contribution < 1.29 is 18.0 Å². The highest BCUT2D eigenvalue weighted by Crippen LogP contribution is 2.46. The molecule has 9 heteroatoms. The standard InChI is InChI=1S/C22H23F3N4OS/c1-6-21(5)13(2)11-27-12-17(21)29-19(31)28(18(30)20(29,3)4)15-8-7-14(10-26)16(9-15)22(23,24)25/h6-9,12-13,27H,1,11H2,2-5H3/t13-,21-/m1/s1. The molecule has 2 heterocycles. The van der Waals surface area contributed by atoms with Gasteiger partial charge in [0.25, 0.3) is 5.91 Å². The van der Waals surface area contributed by atoms with Crippen molar-refractivity contribution in [3.63, 3.8) is 0 Å². The van der Waals surface area contributed by atoms with Crippen LogP contribution in [0.4, 0.5) is 18.9 Å². The molecular weight excluding hydrogens is 425 g/mol. The molecule has 31 heavy (non-hydrogen) atoms. The fourth-order valence-corrected chi connectivity index (χ4v) is 4.51. The van der Waals surface area contributed by atoms with Gasteiger partial charge in [0, 0.05) is 23.9 Å². The molecule has 164 valence electrons. The fraction of sp³-hybridized carbons (Fsp3) is 0.409. The lowest BCUT2D eigenvalue weighted by Crippen LogP contribution is -2.51. The summed E-state index contributed by atoms with van der Waals surface area (Å²) in [5.41, 5.74) is -2.59. The molecule has 0 radical (unpaired) electrons. The Morgan fingerprint density at radius 2 is 2.00 bits per heavy atom. The van der Waals surface area contributed by atoms with Gasteiger partial charge < -0.3 is 10.2 Å². The first-order chi connectivity index (χ1) is 14.3. The predicted molar refractivity (Wildman–Crippen MR) is 116 cm³/mol. The van der Waals surface area contributed by atoms with Gasteiger partial charge in [-0.3, -0.25) is 9.69 Å². The number of benzene rings is 1. The van der Waals surface area contributed by atoms with Crippen LogP contribution in [0.1, 0.15) is 38.8 Å². The molecular formula is C22H23F3N4OS. The lowest BCUT2D eigenvalue weighted by molar-refractivity contribution is -0.137. The van der Waals surface area contributed by atoms with Crippen molar-refractivity contribution in [2.24, 2.45) is 11.3 Å². The molecule has 3 rings (SSSR count). The van der Waals surface area contributed by atoms with Crippen LogP contribution in [0, 0.1) is 22.7 Å². The number of halogens is 3. The van der Waals surface area contributed by atoms with Crippen molar-refractivity contribution in [3.8, 4) is 6.07 Å². The van der Waals surface area contributed by atoms with Crippen molar-refractivity contribution in [2.45, 2.75) is 39.4 Å². The number of amides is 1. The van der Waals surface area contributed by atoms with Crippen LogP contribution >= 0.6 is 12.2 Å². The van der Waals surface area contributed by atoms with E-state index in [2.05, 4.69) is 11.9 Å². The Bertz CT molecular complexity index is 1040. The van der Waals surface area contributed by atoms with E-state index < -0.39 is 34.2 Å². The second-order valence-electron chi connectivity index (χ2n) is 8.48. The summed E-state index contributed by atoms with van der Waals surface area (Å²) in [4.78, 5) is 16.2. The van der Waals surface area contributed by atoms with E-state index in [0.717, 1.165) is 22.7 Å². The van der Waals surface area contributed by atoms with E-state index in [-0.39, 0.29) is 16.7 Å². The summed E-state index contributed by atoms with van der Waals surface area (Å²) in [6, 6.07) is 4.71. The molecule has 1 saturated heterocycles. The number of hydrogen-bond acceptors (Lipinski definition) is 4. The largest absolute Gasteiger partial charge is 0.417 e. The maximum Gasteiger partial charge on any atom is 0.417 e. The smallest absolute Gasteiger partial charge is 0.389 e. The van der Waals surface area contributed by atoms with Crippen LogP contribution in [0.2, 0.25) is 0 Å². The van der Waals surface area contributed by atoms with Gasteiger partial charge in [0.2, 0.25) is 0 Å². The van der Waals surface area contributed by atoms with E-state index >= 15 is 0 Å². The Labute approximate surface area is 184 Å². The molecule has 0 bridgehead atoms. The van der Waals surface area contributed by atoms with Gasteiger partial charge in [-0.15, -0.1) is 6.58 Å². The zero-order chi connectivity index (χ0) is 23.4. The summed E-state index contributed by atoms with van der Waals surface area (Å²) in [5.74, 6) is -0.319. The highest BCUT2D eigenvalue weighted by atomic mass is 32.1. The second-order valence-corrected chi connectivity index (χ2v) is 8.85. The van der Waals surface area contributed by atoms with Crippen LogP contribution in [-0.4, -0.2) is 28.0 Å². The van der Waals surface area contributed by atoms with Crippen molar-refractivity contribution >= 4 is 28.9 Å². The van der Waals surface area contributed by atoms with Gasteiger partial charge >= 0.3 is 6.18 Å². The Balaban J connectivity index is 2.14. The van der Waals surface area contributed by atoms with Gasteiger partial charge in [0.15, 0.2) is 5.11 Å². The molecule has 2 aliphatic rings. The van der Waals surface area contributed by atoms with Crippen LogP contribution in [0.15, 0.2) is 42.8 Å². The van der Waals surface area contributed by atoms with Gasteiger partial charge in [-0.2, -0.15) is 18.4 Å². The predicted octanol–water partition coefficient (Wildman–Crippen LogP) is 4.56. The van der Waals surface area contributed by atoms with Gasteiger partial charge in [-0.1, -0.05) is 19.9 Å². The van der Waals surface area contributed by atoms with E-state index in [4.69, 9.17) is 17.5 Å². The number of nitrogens with one attached hydrogen (secondary N) is 1. The van der Waals surface area contributed by atoms with Gasteiger partial charge in [0.05, 0.1) is 22.9 Å². The van der Waals surface area contributed by atoms with E-state index in [1.165, 1.54) is 6.07 Å². The van der Waals surface area contributed by atoms with Crippen molar-refractivity contribution in [3.05, 3.63) is 53.9 Å². The lowest BCUT2D eigenvalue weighted by atomic mass is 9.73. The van der Waals surface area contributed by atoms with E-state index in [0.29, 0.717) is 6.54 Å². The molecule has 0 aliphatic carbocycles. The summed E-state index contributed by atoms with van der Waals surface area (Å²) in [5, 5.41) is 12.3. The summed E-state index contributed by atoms with van der Waals surface area (Å²) in [7, 11) is 0. The van der Waals surface area contributed by atoms with Crippen molar-refractivity contribution in [2.75, 3.05) is 11.4 Å². The number of hydrogen-bond donors (Lipinski definition) is 1. The molecule has 1 aromatic carbocycles. The van der Waals surface area contributed by atoms with Crippen LogP contribution in [0.3, 0.4) is 0 Å². The van der Waals surface area contributed by atoms with Crippen molar-refractivity contribution in [1.29, 1.82) is 5.26 Å². The monoisotopic (exact) mass is 448 g/mol. The molecule has 0 spiro atoms. The lowest BCUT2D eigenvalue weighted by Gasteiger charge is -2.45. The summed E-state index contributed by atoms with van der Waals surface area (Å²) in [6.07, 6.45) is -1.15. The average Bonchev–Trinajstić information content (AvgIpc) is 2.87. The quantitative estimate of drug-likeness (QED) is 0.543. The topological polar surface area (TPSA) is 59.4 Å². The number of alkyl halides is 3. The molecule has 1 fully saturated rings. The zero-order valence-electron chi connectivity index (χ0n) is 17.7. The minimum atomic E-state index is -4.74. The maximum atomic E-state index is 13.5. The van der Waals surface area contributed by atoms with Crippen LogP contribution < -0.4 is 10.2 Å². The number of rotatable bonds is 3. The van der Waals surface area contributed by atoms with Gasteiger partial charge in [0.1, 0.15) is 5.54 Å². The van der Waals surface area contributed by atoms with Crippen molar-refractivity contribution in [1.82, 2.24) is 10.2 Å². The Morgan fingerprint density at radius 3 is 2.55 bits per heavy atom. The third kappa shape index (κ3) is 3.39. The van der Waals surface area contributed by atoms with E-state index in [1.54, 1.807) is 37.1 Å². The van der Waals surface area contributed by atoms with E-state index in [1.807, 2.05) is 13.8 Å². The molecule has 2 aliphatic heterocycles. The average molecular weight is 449 g/mol. The molecule has 5 nitrogen and oxygen atoms in total. The van der Waals surface area contributed by atoms with Gasteiger partial charge in [-0.25, -0.2) is 0 Å². The van der Waals surface area contributed by atoms with E-state index in [9.17, 15) is 18.0 Å². The molecule has 1 amide bonds. The molecule has 0 unspecified atom stereocenters. The highest BCUT2D eigenvalue weighted by Gasteiger charge is 2.54. The maximum absolute atomic E-state index is 13.5. The Morgan fingerprint density at radius 1 is 1.35 bits per heavy atom. The second kappa shape index (κ2) is 7.38. The number of allylic oxidation sites excluding steroid dienone is 1. The minimum absolute atomic E-state index is 0.0328. The molecule has 1 N–H and O–H groups in total. The zero-order valence-corrected chi connectivity index (χ0v) is 18.5. The molecule has 0 aromatic heterocycles. The number of nitriles is 1. The number of carbonyl (C=O) groups excluding carboxylic acids is 1. The molecule has 0 saturated carbocycles. The van der Waals surface area contributed by atoms with Crippen LogP contribution in [0.25, 0.3) is 0 Å². The molecule has 2 atom stereocenters. The summed E-state index contributed by atoms with van der Waals surface area (Å²) >= 11 is 5.62. The Hall–Kier alpha value is -2.86. The SMILES string of the molecule is C=C[C@@]1(C)C(N2C(=S)N(c3ccc(C#N)c(C(F)(F)F)c3)C(=O)C2(C)C)=CNC[C@H]1C. The minimum Gasteiger partial charge on any atom is -0.389 e. The Kier molecular flexibility index (Phi) is 5.43.